The Bertz CT molecular complexity index is 282. The highest BCUT2D eigenvalue weighted by molar-refractivity contribution is 5.81. The number of hydrogen-bond donors (Lipinski definition) is 1. The number of aliphatic hydroxyl groups is 1. The molecule has 0 bridgehead atoms. The standard InChI is InChI=1S/C11H21NO5/c1-7(13)8(9(14)16-6)12(5)10(15)17-11(2,3)4/h7-8,13H,1-6H3/t7-,8+/m1/s1. The van der Waals surface area contributed by atoms with E-state index in [2.05, 4.69) is 4.74 Å². The first-order chi connectivity index (χ1) is 7.60. The van der Waals surface area contributed by atoms with Crippen molar-refractivity contribution < 1.29 is 24.2 Å². The van der Waals surface area contributed by atoms with Crippen molar-refractivity contribution in [2.24, 2.45) is 0 Å². The molecule has 1 N–H and O–H groups in total. The molecule has 100 valence electrons. The maximum absolute atomic E-state index is 11.7. The minimum Gasteiger partial charge on any atom is -0.467 e. The first-order valence-electron chi connectivity index (χ1n) is 5.32. The van der Waals surface area contributed by atoms with Crippen LogP contribution in [-0.2, 0) is 14.3 Å². The normalized spacial score (nSPS) is 14.8. The third-order valence-corrected chi connectivity index (χ3v) is 2.00. The Balaban J connectivity index is 4.79. The Morgan fingerprint density at radius 2 is 1.76 bits per heavy atom. The predicted molar refractivity (Wildman–Crippen MR) is 61.5 cm³/mol. The average molecular weight is 247 g/mol. The summed E-state index contributed by atoms with van der Waals surface area (Å²) in [5, 5.41) is 9.48. The highest BCUT2D eigenvalue weighted by Gasteiger charge is 2.34. The van der Waals surface area contributed by atoms with Crippen LogP contribution in [0.5, 0.6) is 0 Å². The van der Waals surface area contributed by atoms with Gasteiger partial charge in [-0.3, -0.25) is 4.90 Å². The Hall–Kier alpha value is -1.30. The van der Waals surface area contributed by atoms with Gasteiger partial charge in [0.25, 0.3) is 0 Å². The van der Waals surface area contributed by atoms with E-state index in [1.54, 1.807) is 20.8 Å². The van der Waals surface area contributed by atoms with E-state index in [4.69, 9.17) is 4.74 Å². The van der Waals surface area contributed by atoms with Crippen LogP contribution >= 0.6 is 0 Å². The summed E-state index contributed by atoms with van der Waals surface area (Å²) in [5.74, 6) is -0.687. The number of aliphatic hydroxyl groups excluding tert-OH is 1. The van der Waals surface area contributed by atoms with Crippen molar-refractivity contribution in [2.45, 2.75) is 45.4 Å². The van der Waals surface area contributed by atoms with Gasteiger partial charge in [0.2, 0.25) is 0 Å². The molecule has 0 aromatic carbocycles. The molecule has 0 spiro atoms. The molecule has 0 aliphatic carbocycles. The molecule has 0 aliphatic rings. The molecule has 6 heteroatoms. The largest absolute Gasteiger partial charge is 0.467 e. The van der Waals surface area contributed by atoms with Crippen LogP contribution in [0.1, 0.15) is 27.7 Å². The zero-order chi connectivity index (χ0) is 13.8. The summed E-state index contributed by atoms with van der Waals surface area (Å²) in [7, 11) is 2.57. The van der Waals surface area contributed by atoms with Crippen molar-refractivity contribution in [1.82, 2.24) is 4.90 Å². The third-order valence-electron chi connectivity index (χ3n) is 2.00. The topological polar surface area (TPSA) is 76.1 Å². The molecular formula is C11H21NO5. The van der Waals surface area contributed by atoms with Gasteiger partial charge in [-0.2, -0.15) is 0 Å². The molecule has 0 saturated heterocycles. The van der Waals surface area contributed by atoms with Crippen LogP contribution in [0.3, 0.4) is 0 Å². The summed E-state index contributed by atoms with van der Waals surface area (Å²) >= 11 is 0. The smallest absolute Gasteiger partial charge is 0.410 e. The van der Waals surface area contributed by atoms with Gasteiger partial charge in [-0.05, 0) is 27.7 Å². The molecule has 0 rings (SSSR count). The Labute approximate surface area is 101 Å². The fourth-order valence-electron chi connectivity index (χ4n) is 1.25. The lowest BCUT2D eigenvalue weighted by atomic mass is 10.1. The maximum atomic E-state index is 11.7. The van der Waals surface area contributed by atoms with E-state index in [9.17, 15) is 14.7 Å². The SMILES string of the molecule is COC(=O)[C@H]([C@@H](C)O)N(C)C(=O)OC(C)(C)C. The van der Waals surface area contributed by atoms with Gasteiger partial charge in [0.1, 0.15) is 5.60 Å². The number of esters is 1. The van der Waals surface area contributed by atoms with Gasteiger partial charge in [-0.25, -0.2) is 9.59 Å². The molecule has 0 fully saturated rings. The first kappa shape index (κ1) is 15.7. The summed E-state index contributed by atoms with van der Waals surface area (Å²) in [6.45, 7) is 6.55. The highest BCUT2D eigenvalue weighted by atomic mass is 16.6. The predicted octanol–water partition coefficient (Wildman–Crippen LogP) is 0.776. The molecule has 0 aromatic rings. The van der Waals surface area contributed by atoms with Gasteiger partial charge in [-0.15, -0.1) is 0 Å². The van der Waals surface area contributed by atoms with Gasteiger partial charge >= 0.3 is 12.1 Å². The molecule has 0 saturated carbocycles. The van der Waals surface area contributed by atoms with E-state index in [1.807, 2.05) is 0 Å². The number of carbonyl (C=O) groups excluding carboxylic acids is 2. The summed E-state index contributed by atoms with van der Waals surface area (Å²) in [5.41, 5.74) is -0.662. The number of nitrogens with zero attached hydrogens (tertiary/aromatic N) is 1. The second-order valence-corrected chi connectivity index (χ2v) is 4.80. The van der Waals surface area contributed by atoms with Crippen molar-refractivity contribution in [3.8, 4) is 0 Å². The van der Waals surface area contributed by atoms with Crippen molar-refractivity contribution in [3.05, 3.63) is 0 Å². The fraction of sp³-hybridized carbons (Fsp3) is 0.818. The van der Waals surface area contributed by atoms with Crippen LogP contribution in [0.25, 0.3) is 0 Å². The van der Waals surface area contributed by atoms with E-state index in [0.717, 1.165) is 4.90 Å². The lowest BCUT2D eigenvalue weighted by Gasteiger charge is -2.30. The zero-order valence-corrected chi connectivity index (χ0v) is 11.2. The molecule has 0 heterocycles. The molecule has 1 amide bonds. The summed E-state index contributed by atoms with van der Waals surface area (Å²) in [6, 6.07) is -1.07. The number of carbonyl (C=O) groups is 2. The second-order valence-electron chi connectivity index (χ2n) is 4.80. The van der Waals surface area contributed by atoms with E-state index < -0.39 is 29.8 Å². The third kappa shape index (κ3) is 5.04. The van der Waals surface area contributed by atoms with Gasteiger partial charge < -0.3 is 14.6 Å². The first-order valence-corrected chi connectivity index (χ1v) is 5.32. The van der Waals surface area contributed by atoms with Gasteiger partial charge in [0.15, 0.2) is 6.04 Å². The highest BCUT2D eigenvalue weighted by Crippen LogP contribution is 2.13. The Morgan fingerprint density at radius 3 is 2.06 bits per heavy atom. The molecule has 2 atom stereocenters. The number of methoxy groups -OCH3 is 1. The zero-order valence-electron chi connectivity index (χ0n) is 11.2. The number of ether oxygens (including phenoxy) is 2. The monoisotopic (exact) mass is 247 g/mol. The van der Waals surface area contributed by atoms with E-state index in [0.29, 0.717) is 0 Å². The van der Waals surface area contributed by atoms with Crippen LogP contribution in [0.2, 0.25) is 0 Å². The van der Waals surface area contributed by atoms with Crippen LogP contribution in [0.4, 0.5) is 4.79 Å². The van der Waals surface area contributed by atoms with E-state index >= 15 is 0 Å². The average Bonchev–Trinajstić information content (AvgIpc) is 2.14. The Morgan fingerprint density at radius 1 is 1.29 bits per heavy atom. The van der Waals surface area contributed by atoms with Crippen molar-refractivity contribution >= 4 is 12.1 Å². The lowest BCUT2D eigenvalue weighted by molar-refractivity contribution is -0.150. The quantitative estimate of drug-likeness (QED) is 0.746. The summed E-state index contributed by atoms with van der Waals surface area (Å²) < 4.78 is 9.62. The molecule has 0 unspecified atom stereocenters. The Kier molecular flexibility index (Phi) is 5.41. The second kappa shape index (κ2) is 5.86. The van der Waals surface area contributed by atoms with Gasteiger partial charge in [0, 0.05) is 7.05 Å². The molecule has 6 nitrogen and oxygen atoms in total. The fourth-order valence-corrected chi connectivity index (χ4v) is 1.25. The van der Waals surface area contributed by atoms with Crippen LogP contribution in [-0.4, -0.2) is 54.0 Å². The number of likely N-dealkylation sites (N-methyl/N-ethyl adjacent to an activating group) is 1. The maximum Gasteiger partial charge on any atom is 0.410 e. The van der Waals surface area contributed by atoms with Crippen molar-refractivity contribution in [3.63, 3.8) is 0 Å². The number of rotatable bonds is 3. The summed E-state index contributed by atoms with van der Waals surface area (Å²) in [6.07, 6.45) is -1.73. The number of amides is 1. The lowest BCUT2D eigenvalue weighted by Crippen LogP contribution is -2.50. The molecule has 0 aliphatic heterocycles. The minimum atomic E-state index is -1.07. The minimum absolute atomic E-state index is 0.662. The molecular weight excluding hydrogens is 226 g/mol. The van der Waals surface area contributed by atoms with Crippen molar-refractivity contribution in [1.29, 1.82) is 0 Å². The van der Waals surface area contributed by atoms with Crippen molar-refractivity contribution in [2.75, 3.05) is 14.2 Å². The van der Waals surface area contributed by atoms with Gasteiger partial charge in [-0.1, -0.05) is 0 Å². The van der Waals surface area contributed by atoms with Crippen LogP contribution < -0.4 is 0 Å². The van der Waals surface area contributed by atoms with Gasteiger partial charge in [0.05, 0.1) is 13.2 Å². The van der Waals surface area contributed by atoms with Crippen LogP contribution in [0, 0.1) is 0 Å². The molecule has 0 radical (unpaired) electrons. The number of hydrogen-bond acceptors (Lipinski definition) is 5. The van der Waals surface area contributed by atoms with E-state index in [1.165, 1.54) is 21.1 Å². The molecule has 0 aromatic heterocycles. The summed E-state index contributed by atoms with van der Waals surface area (Å²) in [4.78, 5) is 24.2. The molecule has 17 heavy (non-hydrogen) atoms. The van der Waals surface area contributed by atoms with Crippen LogP contribution in [0.15, 0.2) is 0 Å². The van der Waals surface area contributed by atoms with E-state index in [-0.39, 0.29) is 0 Å².